The molecule has 2 rings (SSSR count). The first-order valence-corrected chi connectivity index (χ1v) is 6.84. The van der Waals surface area contributed by atoms with Crippen LogP contribution in [0.15, 0.2) is 12.1 Å². The zero-order valence-corrected chi connectivity index (χ0v) is 12.7. The van der Waals surface area contributed by atoms with Crippen LogP contribution in [0.2, 0.25) is 0 Å². The van der Waals surface area contributed by atoms with Crippen LogP contribution < -0.4 is 4.90 Å². The Morgan fingerprint density at radius 3 is 2.40 bits per heavy atom. The molecule has 0 aliphatic carbocycles. The number of hydrogen-bond acceptors (Lipinski definition) is 3. The van der Waals surface area contributed by atoms with E-state index in [0.29, 0.717) is 24.2 Å². The van der Waals surface area contributed by atoms with Gasteiger partial charge in [-0.15, -0.1) is 0 Å². The number of nitrogens with zero attached hydrogens (tertiary/aromatic N) is 1. The quantitative estimate of drug-likeness (QED) is 0.726. The van der Waals surface area contributed by atoms with E-state index in [4.69, 9.17) is 4.74 Å². The van der Waals surface area contributed by atoms with Crippen molar-refractivity contribution in [3.8, 4) is 0 Å². The molecule has 20 heavy (non-hydrogen) atoms. The van der Waals surface area contributed by atoms with E-state index in [-0.39, 0.29) is 5.78 Å². The Kier molecular flexibility index (Phi) is 3.59. The van der Waals surface area contributed by atoms with Crippen LogP contribution in [0, 0.1) is 13.8 Å². The number of fused-ring (bicyclic) bond motifs is 1. The van der Waals surface area contributed by atoms with Gasteiger partial charge in [-0.25, -0.2) is 4.79 Å². The van der Waals surface area contributed by atoms with Gasteiger partial charge in [-0.05, 0) is 57.9 Å². The van der Waals surface area contributed by atoms with Gasteiger partial charge in [-0.3, -0.25) is 9.69 Å². The predicted octanol–water partition coefficient (Wildman–Crippen LogP) is 3.63. The molecule has 1 aromatic carbocycles. The van der Waals surface area contributed by atoms with Crippen LogP contribution in [0.25, 0.3) is 0 Å². The van der Waals surface area contributed by atoms with Gasteiger partial charge in [-0.2, -0.15) is 0 Å². The van der Waals surface area contributed by atoms with Gasteiger partial charge in [0, 0.05) is 18.5 Å². The zero-order valence-electron chi connectivity index (χ0n) is 12.7. The zero-order chi connectivity index (χ0) is 15.1. The van der Waals surface area contributed by atoms with Gasteiger partial charge in [0.2, 0.25) is 0 Å². The first-order valence-electron chi connectivity index (χ1n) is 6.84. The van der Waals surface area contributed by atoms with Crippen LogP contribution in [-0.2, 0) is 4.74 Å². The fourth-order valence-electron chi connectivity index (χ4n) is 2.22. The van der Waals surface area contributed by atoms with E-state index in [1.165, 1.54) is 0 Å². The number of amides is 1. The Hall–Kier alpha value is -1.84. The smallest absolute Gasteiger partial charge is 0.414 e. The monoisotopic (exact) mass is 275 g/mol. The summed E-state index contributed by atoms with van der Waals surface area (Å²) < 4.78 is 5.42. The fourth-order valence-corrected chi connectivity index (χ4v) is 2.22. The summed E-state index contributed by atoms with van der Waals surface area (Å²) in [6.07, 6.45) is -0.0520. The minimum atomic E-state index is -0.543. The molecule has 4 heteroatoms. The van der Waals surface area contributed by atoms with E-state index in [1.807, 2.05) is 46.8 Å². The Balaban J connectivity index is 2.40. The van der Waals surface area contributed by atoms with Gasteiger partial charge in [-0.1, -0.05) is 0 Å². The first kappa shape index (κ1) is 14.6. The van der Waals surface area contributed by atoms with E-state index in [1.54, 1.807) is 4.90 Å². The van der Waals surface area contributed by atoms with Crippen LogP contribution >= 0.6 is 0 Å². The van der Waals surface area contributed by atoms with Crippen LogP contribution in [-0.4, -0.2) is 24.0 Å². The van der Waals surface area contributed by atoms with Crippen molar-refractivity contribution >= 4 is 17.6 Å². The lowest BCUT2D eigenvalue weighted by atomic mass is 9.96. The number of ketones is 1. The molecule has 0 aromatic heterocycles. The number of rotatable bonds is 0. The molecule has 1 aliphatic rings. The molecule has 1 aliphatic heterocycles. The SMILES string of the molecule is Cc1cc2c(cc1C)N(C(=O)OC(C)(C)C)CCC2=O. The topological polar surface area (TPSA) is 46.6 Å². The second kappa shape index (κ2) is 4.93. The molecule has 0 unspecified atom stereocenters. The van der Waals surface area contributed by atoms with Gasteiger partial charge in [0.15, 0.2) is 5.78 Å². The fraction of sp³-hybridized carbons (Fsp3) is 0.500. The molecule has 4 nitrogen and oxygen atoms in total. The molecule has 1 amide bonds. The third-order valence-electron chi connectivity index (χ3n) is 3.38. The molecule has 108 valence electrons. The summed E-state index contributed by atoms with van der Waals surface area (Å²) in [6, 6.07) is 3.76. The van der Waals surface area contributed by atoms with Gasteiger partial charge in [0.25, 0.3) is 0 Å². The third kappa shape index (κ3) is 2.84. The molecular formula is C16H21NO3. The maximum Gasteiger partial charge on any atom is 0.414 e. The lowest BCUT2D eigenvalue weighted by Gasteiger charge is -2.31. The van der Waals surface area contributed by atoms with Crippen molar-refractivity contribution in [3.63, 3.8) is 0 Å². The summed E-state index contributed by atoms with van der Waals surface area (Å²) in [5.41, 5.74) is 2.86. The Morgan fingerprint density at radius 1 is 1.20 bits per heavy atom. The van der Waals surface area contributed by atoms with Crippen LogP contribution in [0.1, 0.15) is 48.7 Å². The highest BCUT2D eigenvalue weighted by Gasteiger charge is 2.30. The number of hydrogen-bond donors (Lipinski definition) is 0. The molecule has 1 aromatic rings. The highest BCUT2D eigenvalue weighted by molar-refractivity contribution is 6.07. The highest BCUT2D eigenvalue weighted by Crippen LogP contribution is 2.31. The number of benzene rings is 1. The van der Waals surface area contributed by atoms with E-state index in [2.05, 4.69) is 0 Å². The average Bonchev–Trinajstić information content (AvgIpc) is 2.30. The van der Waals surface area contributed by atoms with Crippen molar-refractivity contribution in [3.05, 3.63) is 28.8 Å². The molecule has 0 saturated heterocycles. The second-order valence-electron chi connectivity index (χ2n) is 6.26. The predicted molar refractivity (Wildman–Crippen MR) is 78.4 cm³/mol. The maximum atomic E-state index is 12.3. The number of Topliss-reactive ketones (excluding diaryl/α,β-unsaturated/α-hetero) is 1. The first-order chi connectivity index (χ1) is 9.19. The van der Waals surface area contributed by atoms with E-state index in [9.17, 15) is 9.59 Å². The van der Waals surface area contributed by atoms with E-state index < -0.39 is 11.7 Å². The summed E-state index contributed by atoms with van der Waals surface area (Å²) >= 11 is 0. The molecule has 0 bridgehead atoms. The molecule has 0 radical (unpaired) electrons. The molecule has 1 heterocycles. The summed E-state index contributed by atoms with van der Waals surface area (Å²) in [4.78, 5) is 25.9. The summed E-state index contributed by atoms with van der Waals surface area (Å²) in [7, 11) is 0. The third-order valence-corrected chi connectivity index (χ3v) is 3.38. The molecular weight excluding hydrogens is 254 g/mol. The number of aryl methyl sites for hydroxylation is 2. The van der Waals surface area contributed by atoms with E-state index >= 15 is 0 Å². The van der Waals surface area contributed by atoms with Gasteiger partial charge in [0.1, 0.15) is 5.60 Å². The average molecular weight is 275 g/mol. The maximum absolute atomic E-state index is 12.3. The van der Waals surface area contributed by atoms with Crippen molar-refractivity contribution in [2.45, 2.75) is 46.6 Å². The van der Waals surface area contributed by atoms with Crippen molar-refractivity contribution in [1.82, 2.24) is 0 Å². The number of carbonyl (C=O) groups excluding carboxylic acids is 2. The molecule has 0 spiro atoms. The van der Waals surface area contributed by atoms with Crippen molar-refractivity contribution in [1.29, 1.82) is 0 Å². The lowest BCUT2D eigenvalue weighted by Crippen LogP contribution is -2.41. The van der Waals surface area contributed by atoms with Crippen LogP contribution in [0.4, 0.5) is 10.5 Å². The van der Waals surface area contributed by atoms with Gasteiger partial charge in [0.05, 0.1) is 5.69 Å². The van der Waals surface area contributed by atoms with E-state index in [0.717, 1.165) is 11.1 Å². The largest absolute Gasteiger partial charge is 0.443 e. The second-order valence-corrected chi connectivity index (χ2v) is 6.26. The number of carbonyl (C=O) groups is 2. The Labute approximate surface area is 119 Å². The van der Waals surface area contributed by atoms with Crippen molar-refractivity contribution < 1.29 is 14.3 Å². The standard InChI is InChI=1S/C16H21NO3/c1-10-8-12-13(9-11(10)2)17(7-6-14(12)18)15(19)20-16(3,4)5/h8-9H,6-7H2,1-5H3. The molecule has 0 N–H and O–H groups in total. The van der Waals surface area contributed by atoms with Crippen LogP contribution in [0.3, 0.4) is 0 Å². The lowest BCUT2D eigenvalue weighted by molar-refractivity contribution is 0.0577. The molecule has 0 fully saturated rings. The Bertz CT molecular complexity index is 570. The van der Waals surface area contributed by atoms with Crippen molar-refractivity contribution in [2.24, 2.45) is 0 Å². The number of anilines is 1. The normalized spacial score (nSPS) is 15.1. The molecule has 0 saturated carbocycles. The van der Waals surface area contributed by atoms with Gasteiger partial charge >= 0.3 is 6.09 Å². The minimum Gasteiger partial charge on any atom is -0.443 e. The van der Waals surface area contributed by atoms with Crippen molar-refractivity contribution in [2.75, 3.05) is 11.4 Å². The summed E-state index contributed by atoms with van der Waals surface area (Å²) in [5.74, 6) is 0.0860. The van der Waals surface area contributed by atoms with Gasteiger partial charge < -0.3 is 4.74 Å². The minimum absolute atomic E-state index is 0.0860. The molecule has 0 atom stereocenters. The van der Waals surface area contributed by atoms with Crippen LogP contribution in [0.5, 0.6) is 0 Å². The Morgan fingerprint density at radius 2 is 1.80 bits per heavy atom. The summed E-state index contributed by atoms with van der Waals surface area (Å²) in [5, 5.41) is 0. The number of ether oxygens (including phenoxy) is 1. The summed E-state index contributed by atoms with van der Waals surface area (Å²) in [6.45, 7) is 9.82. The highest BCUT2D eigenvalue weighted by atomic mass is 16.6.